The van der Waals surface area contributed by atoms with Gasteiger partial charge in [0.05, 0.1) is 11.5 Å². The Hall–Kier alpha value is -1.95. The van der Waals surface area contributed by atoms with E-state index >= 15 is 0 Å². The van der Waals surface area contributed by atoms with E-state index in [-0.39, 0.29) is 17.8 Å². The van der Waals surface area contributed by atoms with Crippen LogP contribution >= 0.6 is 0 Å². The second-order valence-electron chi connectivity index (χ2n) is 4.35. The van der Waals surface area contributed by atoms with Crippen LogP contribution in [0.25, 0.3) is 0 Å². The van der Waals surface area contributed by atoms with Crippen LogP contribution in [-0.2, 0) is 14.3 Å². The molecule has 1 aliphatic heterocycles. The highest BCUT2D eigenvalue weighted by Gasteiger charge is 2.47. The van der Waals surface area contributed by atoms with E-state index in [1.165, 1.54) is 12.1 Å². The van der Waals surface area contributed by atoms with Gasteiger partial charge in [-0.15, -0.1) is 0 Å². The first-order valence-corrected chi connectivity index (χ1v) is 6.20. The molecule has 1 aromatic rings. The Kier molecular flexibility index (Phi) is 4.11. The quantitative estimate of drug-likeness (QED) is 0.259. The molecule has 1 heterocycles. The third kappa shape index (κ3) is 3.29. The van der Waals surface area contributed by atoms with Crippen molar-refractivity contribution >= 4 is 11.7 Å². The number of carbonyl (C=O) groups excluding carboxylic acids is 1. The number of unbranched alkanes of at least 4 members (excludes halogenated alkanes) is 1. The number of nitro benzene ring substituents is 1. The number of carbonyl (C=O) groups is 1. The summed E-state index contributed by atoms with van der Waals surface area (Å²) in [5.41, 5.74) is 0.773. The van der Waals surface area contributed by atoms with Gasteiger partial charge in [-0.05, 0) is 24.1 Å². The molecule has 102 valence electrons. The lowest BCUT2D eigenvalue weighted by Crippen LogP contribution is -2.13. The topological polar surface area (TPSA) is 82.0 Å². The predicted octanol–water partition coefficient (Wildman–Crippen LogP) is 2.38. The molecule has 0 aliphatic carbocycles. The summed E-state index contributed by atoms with van der Waals surface area (Å²) in [4.78, 5) is 21.6. The molecule has 6 nitrogen and oxygen atoms in total. The van der Waals surface area contributed by atoms with Gasteiger partial charge in [-0.1, -0.05) is 13.3 Å². The normalized spacial score (nSPS) is 20.9. The minimum atomic E-state index is -0.571. The molecule has 0 amide bonds. The van der Waals surface area contributed by atoms with Gasteiger partial charge in [0, 0.05) is 12.1 Å². The summed E-state index contributed by atoms with van der Waals surface area (Å²) in [7, 11) is 0. The molecule has 2 rings (SSSR count). The summed E-state index contributed by atoms with van der Waals surface area (Å²) >= 11 is 0. The van der Waals surface area contributed by atoms with Gasteiger partial charge >= 0.3 is 5.97 Å². The van der Waals surface area contributed by atoms with E-state index < -0.39 is 11.0 Å². The summed E-state index contributed by atoms with van der Waals surface area (Å²) in [6, 6.07) is 6.00. The number of nitro groups is 1. The highest BCUT2D eigenvalue weighted by atomic mass is 16.6. The first-order valence-electron chi connectivity index (χ1n) is 6.20. The highest BCUT2D eigenvalue weighted by molar-refractivity contribution is 5.78. The van der Waals surface area contributed by atoms with Crippen LogP contribution in [0, 0.1) is 10.1 Å². The Labute approximate surface area is 110 Å². The number of nitrogens with zero attached hydrogens (tertiary/aromatic N) is 1. The standard InChI is InChI=1S/C13H15NO5/c1-2-3-8-18-13(15)12-11(19-12)9-4-6-10(7-5-9)14(16)17/h4-7,11-12H,2-3,8H2,1H3/t11-,12+/m1/s1. The Morgan fingerprint density at radius 3 is 2.68 bits per heavy atom. The van der Waals surface area contributed by atoms with Crippen molar-refractivity contribution in [2.45, 2.75) is 32.0 Å². The molecule has 0 aromatic heterocycles. The molecular formula is C13H15NO5. The molecule has 0 saturated carbocycles. The number of rotatable bonds is 6. The lowest BCUT2D eigenvalue weighted by atomic mass is 10.1. The number of epoxide rings is 1. The molecule has 0 N–H and O–H groups in total. The van der Waals surface area contributed by atoms with Gasteiger partial charge in [0.2, 0.25) is 0 Å². The van der Waals surface area contributed by atoms with Gasteiger partial charge in [-0.3, -0.25) is 10.1 Å². The van der Waals surface area contributed by atoms with Crippen LogP contribution in [0.1, 0.15) is 31.4 Å². The van der Waals surface area contributed by atoms with Gasteiger partial charge < -0.3 is 9.47 Å². The van der Waals surface area contributed by atoms with Crippen LogP contribution in [0.3, 0.4) is 0 Å². The van der Waals surface area contributed by atoms with E-state index in [2.05, 4.69) is 0 Å². The second kappa shape index (κ2) is 5.79. The van der Waals surface area contributed by atoms with Crippen molar-refractivity contribution in [3.8, 4) is 0 Å². The molecular weight excluding hydrogens is 250 g/mol. The molecule has 0 radical (unpaired) electrons. The molecule has 19 heavy (non-hydrogen) atoms. The third-order valence-corrected chi connectivity index (χ3v) is 2.90. The van der Waals surface area contributed by atoms with Crippen molar-refractivity contribution in [1.29, 1.82) is 0 Å². The molecule has 2 atom stereocenters. The van der Waals surface area contributed by atoms with E-state index in [4.69, 9.17) is 9.47 Å². The Balaban J connectivity index is 1.88. The summed E-state index contributed by atoms with van der Waals surface area (Å²) in [6.45, 7) is 2.42. The van der Waals surface area contributed by atoms with Crippen molar-refractivity contribution < 1.29 is 19.2 Å². The van der Waals surface area contributed by atoms with Crippen LogP contribution in [0.5, 0.6) is 0 Å². The maximum atomic E-state index is 11.6. The zero-order valence-electron chi connectivity index (χ0n) is 10.6. The average molecular weight is 265 g/mol. The van der Waals surface area contributed by atoms with E-state index in [0.717, 1.165) is 18.4 Å². The fraction of sp³-hybridized carbons (Fsp3) is 0.462. The van der Waals surface area contributed by atoms with Gasteiger partial charge in [-0.2, -0.15) is 0 Å². The van der Waals surface area contributed by atoms with Gasteiger partial charge in [-0.25, -0.2) is 4.79 Å². The molecule has 1 aliphatic rings. The fourth-order valence-electron chi connectivity index (χ4n) is 1.73. The Morgan fingerprint density at radius 2 is 2.11 bits per heavy atom. The molecule has 6 heteroatoms. The van der Waals surface area contributed by atoms with Gasteiger partial charge in [0.1, 0.15) is 6.10 Å². The minimum absolute atomic E-state index is 0.0199. The second-order valence-corrected chi connectivity index (χ2v) is 4.35. The highest BCUT2D eigenvalue weighted by Crippen LogP contribution is 2.39. The van der Waals surface area contributed by atoms with Crippen LogP contribution in [0.15, 0.2) is 24.3 Å². The SMILES string of the molecule is CCCCOC(=O)[C@H]1O[C@@H]1c1ccc([N+](=O)[O-])cc1. The molecule has 1 saturated heterocycles. The van der Waals surface area contributed by atoms with Gasteiger partial charge in [0.25, 0.3) is 5.69 Å². The van der Waals surface area contributed by atoms with Crippen LogP contribution in [-0.4, -0.2) is 23.6 Å². The summed E-state index contributed by atoms with van der Waals surface area (Å²) in [5.74, 6) is -0.364. The van der Waals surface area contributed by atoms with Gasteiger partial charge in [0.15, 0.2) is 6.10 Å². The van der Waals surface area contributed by atoms with Crippen molar-refractivity contribution in [2.24, 2.45) is 0 Å². The summed E-state index contributed by atoms with van der Waals surface area (Å²) in [5, 5.41) is 10.5. The molecule has 1 aromatic carbocycles. The molecule has 0 bridgehead atoms. The molecule has 0 spiro atoms. The zero-order chi connectivity index (χ0) is 13.8. The summed E-state index contributed by atoms with van der Waals surface area (Å²) < 4.78 is 10.3. The monoisotopic (exact) mass is 265 g/mol. The Bertz CT molecular complexity index is 470. The molecule has 0 unspecified atom stereocenters. The number of esters is 1. The number of ether oxygens (including phenoxy) is 2. The smallest absolute Gasteiger partial charge is 0.338 e. The first kappa shape index (κ1) is 13.5. The van der Waals surface area contributed by atoms with E-state index in [0.29, 0.717) is 6.61 Å². The Morgan fingerprint density at radius 1 is 1.42 bits per heavy atom. The average Bonchev–Trinajstić information content (AvgIpc) is 3.19. The first-order chi connectivity index (χ1) is 9.13. The number of hydrogen-bond donors (Lipinski definition) is 0. The largest absolute Gasteiger partial charge is 0.464 e. The van der Waals surface area contributed by atoms with Crippen molar-refractivity contribution in [3.63, 3.8) is 0 Å². The third-order valence-electron chi connectivity index (χ3n) is 2.90. The van der Waals surface area contributed by atoms with Crippen molar-refractivity contribution in [2.75, 3.05) is 6.61 Å². The predicted molar refractivity (Wildman–Crippen MR) is 66.6 cm³/mol. The van der Waals surface area contributed by atoms with Crippen LogP contribution < -0.4 is 0 Å². The van der Waals surface area contributed by atoms with E-state index in [1.54, 1.807) is 12.1 Å². The maximum Gasteiger partial charge on any atom is 0.338 e. The van der Waals surface area contributed by atoms with Crippen molar-refractivity contribution in [3.05, 3.63) is 39.9 Å². The summed E-state index contributed by atoms with van der Waals surface area (Å²) in [6.07, 6.45) is 0.888. The van der Waals surface area contributed by atoms with Crippen LogP contribution in [0.4, 0.5) is 5.69 Å². The molecule has 1 fully saturated rings. The van der Waals surface area contributed by atoms with E-state index in [9.17, 15) is 14.9 Å². The maximum absolute atomic E-state index is 11.6. The number of non-ortho nitro benzene ring substituents is 1. The lowest BCUT2D eigenvalue weighted by molar-refractivity contribution is -0.384. The number of benzene rings is 1. The lowest BCUT2D eigenvalue weighted by Gasteiger charge is -2.00. The minimum Gasteiger partial charge on any atom is -0.464 e. The fourth-order valence-corrected chi connectivity index (χ4v) is 1.73. The van der Waals surface area contributed by atoms with Crippen LogP contribution in [0.2, 0.25) is 0 Å². The van der Waals surface area contributed by atoms with E-state index in [1.807, 2.05) is 6.92 Å². The number of hydrogen-bond acceptors (Lipinski definition) is 5. The zero-order valence-corrected chi connectivity index (χ0v) is 10.6. The van der Waals surface area contributed by atoms with Crippen molar-refractivity contribution in [1.82, 2.24) is 0 Å².